The van der Waals surface area contributed by atoms with Gasteiger partial charge in [-0.05, 0) is 61.6 Å². The Hall–Kier alpha value is -3.45. The summed E-state index contributed by atoms with van der Waals surface area (Å²) in [6.45, 7) is 4.55. The lowest BCUT2D eigenvalue weighted by atomic mass is 9.71. The molecule has 1 heterocycles. The number of methoxy groups -OCH3 is 1. The number of benzene rings is 2. The first-order valence-corrected chi connectivity index (χ1v) is 11.8. The summed E-state index contributed by atoms with van der Waals surface area (Å²) in [4.78, 5) is 26.7. The van der Waals surface area contributed by atoms with Gasteiger partial charge in [-0.25, -0.2) is 9.18 Å². The molecule has 1 aliphatic carbocycles. The molecule has 0 fully saturated rings. The van der Waals surface area contributed by atoms with E-state index in [-0.39, 0.29) is 24.9 Å². The molecule has 4 rings (SSSR count). The number of carbonyl (C=O) groups is 2. The molecule has 0 amide bonds. The second-order valence-corrected chi connectivity index (χ2v) is 8.68. The molecular formula is C28H30FNO5. The Morgan fingerprint density at radius 1 is 1.09 bits per heavy atom. The number of carbonyl (C=O) groups excluding carboxylic acids is 2. The highest BCUT2D eigenvalue weighted by atomic mass is 19.1. The van der Waals surface area contributed by atoms with E-state index in [9.17, 15) is 14.0 Å². The minimum absolute atomic E-state index is 0.0136. The van der Waals surface area contributed by atoms with Crippen molar-refractivity contribution in [2.45, 2.75) is 38.5 Å². The van der Waals surface area contributed by atoms with Gasteiger partial charge in [0.25, 0.3) is 0 Å². The van der Waals surface area contributed by atoms with Crippen molar-refractivity contribution in [3.63, 3.8) is 0 Å². The average Bonchev–Trinajstić information content (AvgIpc) is 2.85. The Morgan fingerprint density at radius 3 is 2.54 bits per heavy atom. The van der Waals surface area contributed by atoms with Gasteiger partial charge >= 0.3 is 5.97 Å². The third-order valence-corrected chi connectivity index (χ3v) is 6.48. The monoisotopic (exact) mass is 479 g/mol. The molecule has 0 unspecified atom stereocenters. The van der Waals surface area contributed by atoms with E-state index in [0.717, 1.165) is 17.0 Å². The fourth-order valence-electron chi connectivity index (χ4n) is 4.86. The number of Topliss-reactive ketones (excluding diaryl/α,β-unsaturated/α-hetero) is 1. The summed E-state index contributed by atoms with van der Waals surface area (Å²) < 4.78 is 30.2. The van der Waals surface area contributed by atoms with Gasteiger partial charge in [-0.15, -0.1) is 0 Å². The normalized spacial score (nSPS) is 19.8. The van der Waals surface area contributed by atoms with Crippen molar-refractivity contribution in [2.24, 2.45) is 0 Å². The first kappa shape index (κ1) is 24.7. The van der Waals surface area contributed by atoms with Gasteiger partial charge in [0.05, 0.1) is 19.3 Å². The van der Waals surface area contributed by atoms with E-state index in [4.69, 9.17) is 14.2 Å². The lowest BCUT2D eigenvalue weighted by Gasteiger charge is -2.36. The first-order valence-electron chi connectivity index (χ1n) is 11.8. The van der Waals surface area contributed by atoms with E-state index in [0.29, 0.717) is 41.9 Å². The molecule has 0 spiro atoms. The van der Waals surface area contributed by atoms with Crippen LogP contribution < -0.4 is 10.1 Å². The molecule has 2 atom stereocenters. The second kappa shape index (κ2) is 10.9. The van der Waals surface area contributed by atoms with Gasteiger partial charge < -0.3 is 19.5 Å². The minimum atomic E-state index is -0.703. The van der Waals surface area contributed by atoms with E-state index < -0.39 is 17.7 Å². The van der Waals surface area contributed by atoms with Crippen molar-refractivity contribution < 1.29 is 28.2 Å². The summed E-state index contributed by atoms with van der Waals surface area (Å²) in [5, 5.41) is 3.31. The van der Waals surface area contributed by atoms with Crippen LogP contribution in [0, 0.1) is 5.82 Å². The Labute approximate surface area is 204 Å². The van der Waals surface area contributed by atoms with E-state index in [1.165, 1.54) is 12.1 Å². The van der Waals surface area contributed by atoms with Crippen LogP contribution in [-0.4, -0.2) is 38.7 Å². The summed E-state index contributed by atoms with van der Waals surface area (Å²) >= 11 is 0. The summed E-state index contributed by atoms with van der Waals surface area (Å²) in [5.74, 6) is -0.999. The maximum absolute atomic E-state index is 14.2. The lowest BCUT2D eigenvalue weighted by molar-refractivity contribution is -0.140. The highest BCUT2D eigenvalue weighted by Gasteiger charge is 2.41. The molecule has 7 heteroatoms. The minimum Gasteiger partial charge on any atom is -0.497 e. The molecule has 1 aliphatic heterocycles. The van der Waals surface area contributed by atoms with Crippen molar-refractivity contribution in [1.82, 2.24) is 5.32 Å². The first-order chi connectivity index (χ1) is 16.9. The number of rotatable bonds is 8. The molecular weight excluding hydrogens is 449 g/mol. The number of esters is 1. The SMILES string of the molecule is CCOCCOC(=O)C1=C(C)NC2=C(C(=O)C[C@H](c3ccc(OC)cc3)C2)[C@H]1c1cccc(F)c1. The lowest BCUT2D eigenvalue weighted by Crippen LogP contribution is -2.36. The predicted octanol–water partition coefficient (Wildman–Crippen LogP) is 4.78. The number of allylic oxidation sites excluding steroid dienone is 3. The number of nitrogens with one attached hydrogen (secondary N) is 1. The number of hydrogen-bond acceptors (Lipinski definition) is 6. The quantitative estimate of drug-likeness (QED) is 0.434. The van der Waals surface area contributed by atoms with Gasteiger partial charge in [-0.3, -0.25) is 4.79 Å². The Balaban J connectivity index is 1.69. The van der Waals surface area contributed by atoms with Gasteiger partial charge in [-0.1, -0.05) is 24.3 Å². The largest absolute Gasteiger partial charge is 0.497 e. The van der Waals surface area contributed by atoms with Gasteiger partial charge in [-0.2, -0.15) is 0 Å². The molecule has 2 aromatic carbocycles. The molecule has 1 N–H and O–H groups in total. The van der Waals surface area contributed by atoms with Crippen LogP contribution in [0.5, 0.6) is 5.75 Å². The third kappa shape index (κ3) is 5.30. The Bertz CT molecular complexity index is 1170. The van der Waals surface area contributed by atoms with Crippen molar-refractivity contribution in [2.75, 3.05) is 26.9 Å². The molecule has 2 aromatic rings. The molecule has 6 nitrogen and oxygen atoms in total. The van der Waals surface area contributed by atoms with Crippen LogP contribution in [0.3, 0.4) is 0 Å². The molecule has 35 heavy (non-hydrogen) atoms. The Morgan fingerprint density at radius 2 is 1.86 bits per heavy atom. The van der Waals surface area contributed by atoms with E-state index in [1.54, 1.807) is 26.2 Å². The average molecular weight is 480 g/mol. The molecule has 0 bridgehead atoms. The molecule has 0 aromatic heterocycles. The zero-order chi connectivity index (χ0) is 24.9. The number of ketones is 1. The van der Waals surface area contributed by atoms with Crippen LogP contribution in [0.25, 0.3) is 0 Å². The number of hydrogen-bond donors (Lipinski definition) is 1. The van der Waals surface area contributed by atoms with E-state index in [2.05, 4.69) is 5.32 Å². The Kier molecular flexibility index (Phi) is 7.66. The number of dihydropyridines is 1. The van der Waals surface area contributed by atoms with Crippen LogP contribution in [0.2, 0.25) is 0 Å². The molecule has 0 saturated heterocycles. The number of ether oxygens (including phenoxy) is 3. The summed E-state index contributed by atoms with van der Waals surface area (Å²) in [5.41, 5.74) is 3.77. The fourth-order valence-corrected chi connectivity index (χ4v) is 4.86. The smallest absolute Gasteiger partial charge is 0.336 e. The third-order valence-electron chi connectivity index (χ3n) is 6.48. The highest BCUT2D eigenvalue weighted by molar-refractivity contribution is 6.04. The van der Waals surface area contributed by atoms with Crippen LogP contribution in [0.1, 0.15) is 49.7 Å². The maximum Gasteiger partial charge on any atom is 0.336 e. The van der Waals surface area contributed by atoms with Crippen molar-refractivity contribution in [3.05, 3.63) is 88.0 Å². The fraction of sp³-hybridized carbons (Fsp3) is 0.357. The predicted molar refractivity (Wildman–Crippen MR) is 129 cm³/mol. The zero-order valence-corrected chi connectivity index (χ0v) is 20.2. The van der Waals surface area contributed by atoms with E-state index in [1.807, 2.05) is 31.2 Å². The van der Waals surface area contributed by atoms with Gasteiger partial charge in [0.1, 0.15) is 18.2 Å². The zero-order valence-electron chi connectivity index (χ0n) is 20.2. The topological polar surface area (TPSA) is 73.9 Å². The van der Waals surface area contributed by atoms with Gasteiger partial charge in [0.15, 0.2) is 5.78 Å². The summed E-state index contributed by atoms with van der Waals surface area (Å²) in [6, 6.07) is 13.8. The van der Waals surface area contributed by atoms with Gasteiger partial charge in [0, 0.05) is 35.9 Å². The van der Waals surface area contributed by atoms with Crippen LogP contribution >= 0.6 is 0 Å². The molecule has 2 aliphatic rings. The standard InChI is InChI=1S/C28H30FNO5/c1-4-34-12-13-35-28(32)25-17(2)30-23-15-20(18-8-10-22(33-3)11-9-18)16-24(31)27(23)26(25)19-6-5-7-21(29)14-19/h5-11,14,20,26,30H,4,12-13,15-16H2,1-3H3/t20-,26+/m1/s1. The molecule has 184 valence electrons. The van der Waals surface area contributed by atoms with Crippen molar-refractivity contribution in [1.29, 1.82) is 0 Å². The molecule has 0 saturated carbocycles. The second-order valence-electron chi connectivity index (χ2n) is 8.68. The summed E-state index contributed by atoms with van der Waals surface area (Å²) in [7, 11) is 1.61. The van der Waals surface area contributed by atoms with E-state index >= 15 is 0 Å². The van der Waals surface area contributed by atoms with Crippen molar-refractivity contribution >= 4 is 11.8 Å². The maximum atomic E-state index is 14.2. The molecule has 0 radical (unpaired) electrons. The van der Waals surface area contributed by atoms with Gasteiger partial charge in [0.2, 0.25) is 0 Å². The highest BCUT2D eigenvalue weighted by Crippen LogP contribution is 2.45. The summed E-state index contributed by atoms with van der Waals surface area (Å²) in [6.07, 6.45) is 0.896. The van der Waals surface area contributed by atoms with Crippen molar-refractivity contribution in [3.8, 4) is 5.75 Å². The number of halogens is 1. The van der Waals surface area contributed by atoms with Crippen LogP contribution in [0.4, 0.5) is 4.39 Å². The van der Waals surface area contributed by atoms with Crippen LogP contribution in [-0.2, 0) is 19.1 Å². The van der Waals surface area contributed by atoms with Crippen LogP contribution in [0.15, 0.2) is 71.1 Å².